The molecule has 0 N–H and O–H groups in total. The zero-order valence-electron chi connectivity index (χ0n) is 16.6. The van der Waals surface area contributed by atoms with Gasteiger partial charge in [0.25, 0.3) is 0 Å². The second-order valence-corrected chi connectivity index (χ2v) is 8.39. The van der Waals surface area contributed by atoms with Gasteiger partial charge in [0.05, 0.1) is 15.5 Å². The fourth-order valence-corrected chi connectivity index (χ4v) is 4.15. The van der Waals surface area contributed by atoms with Crippen LogP contribution in [-0.2, 0) is 0 Å². The first-order chi connectivity index (χ1) is 14.5. The van der Waals surface area contributed by atoms with Gasteiger partial charge in [-0.05, 0) is 53.8 Å². The van der Waals surface area contributed by atoms with Crippen LogP contribution in [0, 0.1) is 22.1 Å². The van der Waals surface area contributed by atoms with Gasteiger partial charge in [-0.25, -0.2) is 18.4 Å². The molecule has 1 aliphatic heterocycles. The highest BCUT2D eigenvalue weighted by Crippen LogP contribution is 2.20. The van der Waals surface area contributed by atoms with E-state index in [0.29, 0.717) is 5.69 Å². The van der Waals surface area contributed by atoms with E-state index < -0.39 is 11.6 Å². The van der Waals surface area contributed by atoms with Crippen molar-refractivity contribution in [1.82, 2.24) is 19.7 Å². The van der Waals surface area contributed by atoms with Crippen LogP contribution < -0.4 is 4.90 Å². The molecule has 156 valence electrons. The Kier molecular flexibility index (Phi) is 6.43. The normalized spacial score (nSPS) is 15.3. The predicted molar refractivity (Wildman–Crippen MR) is 123 cm³/mol. The molecule has 1 aromatic carbocycles. The monoisotopic (exact) mass is 521 g/mol. The van der Waals surface area contributed by atoms with E-state index in [1.807, 2.05) is 34.8 Å². The SMILES string of the molecule is Cc1c(/C=C/CN2CCN(c3cc(F)cc(F)c3)CC2)cnn1-c1ncccc1I. The molecule has 3 heterocycles. The summed E-state index contributed by atoms with van der Waals surface area (Å²) in [6.07, 6.45) is 7.84. The maximum Gasteiger partial charge on any atom is 0.167 e. The summed E-state index contributed by atoms with van der Waals surface area (Å²) in [4.78, 5) is 8.77. The number of piperazine rings is 1. The number of nitrogens with zero attached hydrogens (tertiary/aromatic N) is 5. The van der Waals surface area contributed by atoms with E-state index in [4.69, 9.17) is 0 Å². The van der Waals surface area contributed by atoms with Gasteiger partial charge in [0.1, 0.15) is 11.6 Å². The highest BCUT2D eigenvalue weighted by Gasteiger charge is 2.17. The van der Waals surface area contributed by atoms with Crippen LogP contribution in [0.3, 0.4) is 0 Å². The second-order valence-electron chi connectivity index (χ2n) is 7.22. The first-order valence-electron chi connectivity index (χ1n) is 9.77. The Labute approximate surface area is 188 Å². The van der Waals surface area contributed by atoms with Gasteiger partial charge in [-0.3, -0.25) is 4.90 Å². The molecule has 0 unspecified atom stereocenters. The molecule has 1 fully saturated rings. The van der Waals surface area contributed by atoms with E-state index in [1.165, 1.54) is 12.1 Å². The van der Waals surface area contributed by atoms with Gasteiger partial charge in [-0.1, -0.05) is 12.2 Å². The molecule has 0 radical (unpaired) electrons. The summed E-state index contributed by atoms with van der Waals surface area (Å²) in [5.74, 6) is -0.238. The van der Waals surface area contributed by atoms with Crippen LogP contribution in [-0.4, -0.2) is 52.4 Å². The standard InChI is InChI=1S/C22H22F2IN5/c1-16-17(15-27-30(16)22-21(25)5-2-6-26-22)4-3-7-28-8-10-29(11-9-28)20-13-18(23)12-19(24)14-20/h2-6,12-15H,7-11H2,1H3/b4-3+. The first-order valence-corrected chi connectivity index (χ1v) is 10.8. The number of halogens is 3. The first kappa shape index (κ1) is 20.9. The van der Waals surface area contributed by atoms with Gasteiger partial charge in [-0.2, -0.15) is 5.10 Å². The van der Waals surface area contributed by atoms with Crippen molar-refractivity contribution in [3.05, 3.63) is 75.3 Å². The molecule has 4 rings (SSSR count). The number of pyridine rings is 1. The van der Waals surface area contributed by atoms with Crippen molar-refractivity contribution in [2.45, 2.75) is 6.92 Å². The molecule has 0 spiro atoms. The van der Waals surface area contributed by atoms with E-state index in [2.05, 4.69) is 49.7 Å². The van der Waals surface area contributed by atoms with E-state index in [-0.39, 0.29) is 0 Å². The maximum atomic E-state index is 13.5. The molecule has 5 nitrogen and oxygen atoms in total. The van der Waals surface area contributed by atoms with Crippen LogP contribution in [0.2, 0.25) is 0 Å². The second kappa shape index (κ2) is 9.22. The highest BCUT2D eigenvalue weighted by atomic mass is 127. The lowest BCUT2D eigenvalue weighted by Crippen LogP contribution is -2.46. The Morgan fingerprint density at radius 3 is 2.53 bits per heavy atom. The van der Waals surface area contributed by atoms with E-state index in [1.54, 1.807) is 6.20 Å². The fourth-order valence-electron chi connectivity index (χ4n) is 3.57. The van der Waals surface area contributed by atoms with Gasteiger partial charge < -0.3 is 4.90 Å². The van der Waals surface area contributed by atoms with Gasteiger partial charge in [-0.15, -0.1) is 0 Å². The molecule has 0 amide bonds. The molecule has 2 aromatic heterocycles. The van der Waals surface area contributed by atoms with Gasteiger partial charge >= 0.3 is 0 Å². The van der Waals surface area contributed by atoms with Gasteiger partial charge in [0.15, 0.2) is 5.82 Å². The molecule has 0 bridgehead atoms. The topological polar surface area (TPSA) is 37.2 Å². The van der Waals surface area contributed by atoms with Crippen LogP contribution in [0.15, 0.2) is 48.8 Å². The third kappa shape index (κ3) is 4.70. The Bertz CT molecular complexity index is 1040. The number of anilines is 1. The zero-order valence-corrected chi connectivity index (χ0v) is 18.8. The van der Waals surface area contributed by atoms with Gasteiger partial charge in [0.2, 0.25) is 0 Å². The third-order valence-electron chi connectivity index (χ3n) is 5.23. The smallest absolute Gasteiger partial charge is 0.167 e. The minimum atomic E-state index is -0.535. The largest absolute Gasteiger partial charge is 0.369 e. The van der Waals surface area contributed by atoms with Crippen molar-refractivity contribution in [2.24, 2.45) is 0 Å². The quantitative estimate of drug-likeness (QED) is 0.470. The minimum absolute atomic E-state index is 0.535. The summed E-state index contributed by atoms with van der Waals surface area (Å²) in [6.45, 7) is 6.02. The lowest BCUT2D eigenvalue weighted by atomic mass is 10.2. The van der Waals surface area contributed by atoms with Crippen molar-refractivity contribution in [3.8, 4) is 5.82 Å². The summed E-state index contributed by atoms with van der Waals surface area (Å²) < 4.78 is 29.8. The molecule has 1 saturated heterocycles. The van der Waals surface area contributed by atoms with E-state index in [0.717, 1.165) is 59.4 Å². The summed E-state index contributed by atoms with van der Waals surface area (Å²) in [5, 5.41) is 4.49. The molecule has 3 aromatic rings. The summed E-state index contributed by atoms with van der Waals surface area (Å²) in [5.41, 5.74) is 2.71. The minimum Gasteiger partial charge on any atom is -0.369 e. The Morgan fingerprint density at radius 1 is 1.10 bits per heavy atom. The average Bonchev–Trinajstić information content (AvgIpc) is 3.08. The molecular formula is C22H22F2IN5. The lowest BCUT2D eigenvalue weighted by Gasteiger charge is -2.35. The van der Waals surface area contributed by atoms with Crippen molar-refractivity contribution in [3.63, 3.8) is 0 Å². The number of rotatable bonds is 5. The van der Waals surface area contributed by atoms with Crippen LogP contribution in [0.5, 0.6) is 0 Å². The van der Waals surface area contributed by atoms with Crippen molar-refractivity contribution in [1.29, 1.82) is 0 Å². The molecule has 0 aliphatic carbocycles. The van der Waals surface area contributed by atoms with Crippen LogP contribution in [0.1, 0.15) is 11.3 Å². The Morgan fingerprint density at radius 2 is 1.83 bits per heavy atom. The summed E-state index contributed by atoms with van der Waals surface area (Å²) in [7, 11) is 0. The van der Waals surface area contributed by atoms with E-state index >= 15 is 0 Å². The summed E-state index contributed by atoms with van der Waals surface area (Å²) in [6, 6.07) is 7.61. The van der Waals surface area contributed by atoms with Crippen molar-refractivity contribution >= 4 is 34.4 Å². The average molecular weight is 521 g/mol. The number of hydrogen-bond donors (Lipinski definition) is 0. The maximum absolute atomic E-state index is 13.5. The molecule has 0 atom stereocenters. The third-order valence-corrected chi connectivity index (χ3v) is 6.08. The predicted octanol–water partition coefficient (Wildman–Crippen LogP) is 4.29. The zero-order chi connectivity index (χ0) is 21.1. The number of aromatic nitrogens is 3. The molecule has 0 saturated carbocycles. The summed E-state index contributed by atoms with van der Waals surface area (Å²) >= 11 is 2.26. The molecule has 1 aliphatic rings. The number of hydrogen-bond acceptors (Lipinski definition) is 4. The van der Waals surface area contributed by atoms with E-state index in [9.17, 15) is 8.78 Å². The lowest BCUT2D eigenvalue weighted by molar-refractivity contribution is 0.284. The Balaban J connectivity index is 1.34. The van der Waals surface area contributed by atoms with Crippen LogP contribution in [0.25, 0.3) is 11.9 Å². The Hall–Kier alpha value is -2.33. The van der Waals surface area contributed by atoms with Crippen LogP contribution >= 0.6 is 22.6 Å². The van der Waals surface area contributed by atoms with Gasteiger partial charge in [0, 0.05) is 56.2 Å². The van der Waals surface area contributed by atoms with Crippen molar-refractivity contribution < 1.29 is 8.78 Å². The molecule has 8 heteroatoms. The molecular weight excluding hydrogens is 499 g/mol. The van der Waals surface area contributed by atoms with Crippen molar-refractivity contribution in [2.75, 3.05) is 37.6 Å². The highest BCUT2D eigenvalue weighted by molar-refractivity contribution is 14.1. The number of benzene rings is 1. The fraction of sp³-hybridized carbons (Fsp3) is 0.273. The molecule has 30 heavy (non-hydrogen) atoms. The van der Waals surface area contributed by atoms with Crippen LogP contribution in [0.4, 0.5) is 14.5 Å².